The van der Waals surface area contributed by atoms with Gasteiger partial charge in [-0.2, -0.15) is 0 Å². The fourth-order valence-electron chi connectivity index (χ4n) is 2.05. The summed E-state index contributed by atoms with van der Waals surface area (Å²) in [5, 5.41) is 5.39. The maximum atomic E-state index is 12.5. The van der Waals surface area contributed by atoms with Gasteiger partial charge in [0.15, 0.2) is 0 Å². The SMILES string of the molecule is C/C=C/C=C(/NC(=O)c1ccccc1)C(=O)Nc1cccc(OC)c1. The molecule has 0 aliphatic heterocycles. The van der Waals surface area contributed by atoms with Crippen LogP contribution in [0.25, 0.3) is 0 Å². The number of nitrogens with one attached hydrogen (secondary N) is 2. The molecule has 0 saturated heterocycles. The lowest BCUT2D eigenvalue weighted by atomic mass is 10.2. The summed E-state index contributed by atoms with van der Waals surface area (Å²) in [5.74, 6) is -0.141. The fraction of sp³-hybridized carbons (Fsp3) is 0.100. The fourth-order valence-corrected chi connectivity index (χ4v) is 2.05. The second-order valence-corrected chi connectivity index (χ2v) is 5.11. The smallest absolute Gasteiger partial charge is 0.272 e. The third-order valence-electron chi connectivity index (χ3n) is 3.31. The lowest BCUT2D eigenvalue weighted by Gasteiger charge is -2.11. The van der Waals surface area contributed by atoms with Gasteiger partial charge in [0.2, 0.25) is 0 Å². The molecule has 128 valence electrons. The van der Waals surface area contributed by atoms with Gasteiger partial charge < -0.3 is 15.4 Å². The van der Waals surface area contributed by atoms with E-state index in [0.29, 0.717) is 17.0 Å². The number of benzene rings is 2. The van der Waals surface area contributed by atoms with Crippen molar-refractivity contribution in [1.82, 2.24) is 5.32 Å². The summed E-state index contributed by atoms with van der Waals surface area (Å²) in [7, 11) is 1.55. The number of amides is 2. The molecule has 0 unspecified atom stereocenters. The van der Waals surface area contributed by atoms with Gasteiger partial charge in [0.1, 0.15) is 11.4 Å². The van der Waals surface area contributed by atoms with Crippen LogP contribution in [0.4, 0.5) is 5.69 Å². The predicted molar refractivity (Wildman–Crippen MR) is 98.4 cm³/mol. The molecule has 5 heteroatoms. The van der Waals surface area contributed by atoms with Crippen molar-refractivity contribution in [2.45, 2.75) is 6.92 Å². The van der Waals surface area contributed by atoms with Crippen LogP contribution in [-0.4, -0.2) is 18.9 Å². The number of rotatable bonds is 6. The molecule has 0 bridgehead atoms. The van der Waals surface area contributed by atoms with E-state index in [1.165, 1.54) is 0 Å². The van der Waals surface area contributed by atoms with Crippen LogP contribution < -0.4 is 15.4 Å². The molecule has 2 amide bonds. The van der Waals surface area contributed by atoms with Gasteiger partial charge >= 0.3 is 0 Å². The zero-order valence-corrected chi connectivity index (χ0v) is 14.2. The Morgan fingerprint density at radius 1 is 1.04 bits per heavy atom. The molecule has 25 heavy (non-hydrogen) atoms. The Balaban J connectivity index is 2.16. The summed E-state index contributed by atoms with van der Waals surface area (Å²) < 4.78 is 5.14. The molecule has 0 fully saturated rings. The van der Waals surface area contributed by atoms with E-state index >= 15 is 0 Å². The molecule has 0 atom stereocenters. The minimum atomic E-state index is -0.421. The molecule has 5 nitrogen and oxygen atoms in total. The third-order valence-corrected chi connectivity index (χ3v) is 3.31. The number of carbonyl (C=O) groups is 2. The third kappa shape index (κ3) is 5.35. The number of carbonyl (C=O) groups excluding carboxylic acids is 2. The van der Waals surface area contributed by atoms with Crippen LogP contribution in [0.5, 0.6) is 5.75 Å². The highest BCUT2D eigenvalue weighted by Gasteiger charge is 2.14. The van der Waals surface area contributed by atoms with Crippen LogP contribution in [-0.2, 0) is 4.79 Å². The Kier molecular flexibility index (Phi) is 6.54. The van der Waals surface area contributed by atoms with Gasteiger partial charge in [-0.05, 0) is 37.3 Å². The van der Waals surface area contributed by atoms with Gasteiger partial charge in [0.25, 0.3) is 11.8 Å². The number of hydrogen-bond acceptors (Lipinski definition) is 3. The van der Waals surface area contributed by atoms with Crippen molar-refractivity contribution in [2.75, 3.05) is 12.4 Å². The van der Waals surface area contributed by atoms with Crippen LogP contribution in [0, 0.1) is 0 Å². The highest BCUT2D eigenvalue weighted by Crippen LogP contribution is 2.17. The van der Waals surface area contributed by atoms with Gasteiger partial charge in [-0.25, -0.2) is 0 Å². The second kappa shape index (κ2) is 9.08. The van der Waals surface area contributed by atoms with E-state index in [1.807, 2.05) is 13.0 Å². The first-order valence-electron chi connectivity index (χ1n) is 7.79. The maximum Gasteiger partial charge on any atom is 0.272 e. The van der Waals surface area contributed by atoms with Crippen molar-refractivity contribution in [3.8, 4) is 5.75 Å². The molecule has 0 heterocycles. The average molecular weight is 336 g/mol. The molecule has 0 aliphatic carbocycles. The zero-order chi connectivity index (χ0) is 18.1. The standard InChI is InChI=1S/C20H20N2O3/c1-3-4-13-18(22-19(23)15-9-6-5-7-10-15)20(24)21-16-11-8-12-17(14-16)25-2/h3-14H,1-2H3,(H,21,24)(H,22,23)/b4-3+,18-13+. The Labute approximate surface area is 147 Å². The molecule has 2 aromatic carbocycles. The lowest BCUT2D eigenvalue weighted by Crippen LogP contribution is -2.30. The normalized spacial score (nSPS) is 11.2. The summed E-state index contributed by atoms with van der Waals surface area (Å²) in [6.45, 7) is 1.83. The van der Waals surface area contributed by atoms with E-state index in [4.69, 9.17) is 4.74 Å². The first kappa shape index (κ1) is 18.0. The molecular weight excluding hydrogens is 316 g/mol. The van der Waals surface area contributed by atoms with Crippen LogP contribution in [0.3, 0.4) is 0 Å². The average Bonchev–Trinajstić information content (AvgIpc) is 2.65. The van der Waals surface area contributed by atoms with Gasteiger partial charge in [-0.15, -0.1) is 0 Å². The molecule has 0 aromatic heterocycles. The van der Waals surface area contributed by atoms with Crippen molar-refractivity contribution in [2.24, 2.45) is 0 Å². The van der Waals surface area contributed by atoms with E-state index in [1.54, 1.807) is 73.9 Å². The van der Waals surface area contributed by atoms with E-state index < -0.39 is 5.91 Å². The summed E-state index contributed by atoms with van der Waals surface area (Å²) in [5.41, 5.74) is 1.20. The largest absolute Gasteiger partial charge is 0.497 e. The predicted octanol–water partition coefficient (Wildman–Crippen LogP) is 3.52. The summed E-state index contributed by atoms with van der Waals surface area (Å²) in [4.78, 5) is 24.8. The van der Waals surface area contributed by atoms with Crippen LogP contribution >= 0.6 is 0 Å². The first-order valence-corrected chi connectivity index (χ1v) is 7.79. The minimum Gasteiger partial charge on any atom is -0.497 e. The first-order chi connectivity index (χ1) is 12.1. The molecule has 2 rings (SSSR count). The Morgan fingerprint density at radius 2 is 1.80 bits per heavy atom. The Bertz CT molecular complexity index is 796. The maximum absolute atomic E-state index is 12.5. The van der Waals surface area contributed by atoms with Crippen molar-refractivity contribution < 1.29 is 14.3 Å². The summed E-state index contributed by atoms with van der Waals surface area (Å²) >= 11 is 0. The van der Waals surface area contributed by atoms with Crippen LogP contribution in [0.2, 0.25) is 0 Å². The van der Waals surface area contributed by atoms with Gasteiger partial charge in [-0.3, -0.25) is 9.59 Å². The van der Waals surface area contributed by atoms with E-state index in [0.717, 1.165) is 0 Å². The summed E-state index contributed by atoms with van der Waals surface area (Å²) in [6, 6.07) is 15.7. The molecule has 0 radical (unpaired) electrons. The number of hydrogen-bond donors (Lipinski definition) is 2. The number of methoxy groups -OCH3 is 1. The minimum absolute atomic E-state index is 0.148. The Hall–Kier alpha value is -3.34. The quantitative estimate of drug-likeness (QED) is 0.626. The molecule has 2 N–H and O–H groups in total. The summed E-state index contributed by atoms with van der Waals surface area (Å²) in [6.07, 6.45) is 5.01. The van der Waals surface area contributed by atoms with Crippen LogP contribution in [0.15, 0.2) is 78.5 Å². The number of anilines is 1. The molecular formula is C20H20N2O3. The van der Waals surface area contributed by atoms with Crippen molar-refractivity contribution in [3.63, 3.8) is 0 Å². The molecule has 2 aromatic rings. The molecule has 0 spiro atoms. The zero-order valence-electron chi connectivity index (χ0n) is 14.2. The van der Waals surface area contributed by atoms with Gasteiger partial charge in [0, 0.05) is 17.3 Å². The number of ether oxygens (including phenoxy) is 1. The van der Waals surface area contributed by atoms with Crippen molar-refractivity contribution >= 4 is 17.5 Å². The van der Waals surface area contributed by atoms with Crippen molar-refractivity contribution in [1.29, 1.82) is 0 Å². The van der Waals surface area contributed by atoms with Gasteiger partial charge in [-0.1, -0.05) is 36.4 Å². The lowest BCUT2D eigenvalue weighted by molar-refractivity contribution is -0.113. The topological polar surface area (TPSA) is 67.4 Å². The second-order valence-electron chi connectivity index (χ2n) is 5.11. The number of allylic oxidation sites excluding steroid dienone is 3. The highest BCUT2D eigenvalue weighted by molar-refractivity contribution is 6.08. The van der Waals surface area contributed by atoms with E-state index in [9.17, 15) is 9.59 Å². The van der Waals surface area contributed by atoms with Crippen molar-refractivity contribution in [3.05, 3.63) is 84.1 Å². The van der Waals surface area contributed by atoms with E-state index in [2.05, 4.69) is 10.6 Å². The van der Waals surface area contributed by atoms with Crippen LogP contribution in [0.1, 0.15) is 17.3 Å². The van der Waals surface area contributed by atoms with Gasteiger partial charge in [0.05, 0.1) is 7.11 Å². The van der Waals surface area contributed by atoms with E-state index in [-0.39, 0.29) is 11.6 Å². The molecule has 0 saturated carbocycles. The monoisotopic (exact) mass is 336 g/mol. The molecule has 0 aliphatic rings. The Morgan fingerprint density at radius 3 is 2.48 bits per heavy atom. The highest BCUT2D eigenvalue weighted by atomic mass is 16.5.